The molecule has 1 atom stereocenters. The first-order chi connectivity index (χ1) is 11.5. The number of benzene rings is 2. The van der Waals surface area contributed by atoms with Gasteiger partial charge in [-0.3, -0.25) is 4.79 Å². The second-order valence-corrected chi connectivity index (χ2v) is 4.82. The zero-order chi connectivity index (χ0) is 18.4. The van der Waals surface area contributed by atoms with E-state index < -0.39 is 0 Å². The first-order valence-electron chi connectivity index (χ1n) is 7.64. The first-order valence-corrected chi connectivity index (χ1v) is 7.64. The van der Waals surface area contributed by atoms with E-state index in [1.807, 2.05) is 13.0 Å². The molecule has 0 bridgehead atoms. The molecule has 2 N–H and O–H groups in total. The summed E-state index contributed by atoms with van der Waals surface area (Å²) in [4.78, 5) is 11.0. The standard InChI is InChI=1S/C12H15FO2.C6H6O.CH4O/c1-3-12(14)15-9(2)8-10-4-6-11(13)7-5-10;7-6-4-2-1-3-5-6;1-2/h4-7,9H,3,8H2,1-2H3;1-5,7H;2H,1H3. The molecule has 2 aromatic carbocycles. The Morgan fingerprint density at radius 3 is 2.04 bits per heavy atom. The third kappa shape index (κ3) is 10.3. The fourth-order valence-electron chi connectivity index (χ4n) is 1.73. The third-order valence-electron chi connectivity index (χ3n) is 2.81. The van der Waals surface area contributed by atoms with Gasteiger partial charge in [-0.1, -0.05) is 37.3 Å². The maximum atomic E-state index is 12.6. The molecule has 0 aliphatic heterocycles. The molecule has 0 amide bonds. The molecular formula is C19H25FO4. The van der Waals surface area contributed by atoms with Crippen LogP contribution >= 0.6 is 0 Å². The number of ether oxygens (including phenoxy) is 1. The summed E-state index contributed by atoms with van der Waals surface area (Å²) >= 11 is 0. The van der Waals surface area contributed by atoms with Gasteiger partial charge in [0.05, 0.1) is 0 Å². The molecule has 0 saturated heterocycles. The van der Waals surface area contributed by atoms with E-state index in [2.05, 4.69) is 0 Å². The third-order valence-corrected chi connectivity index (χ3v) is 2.81. The van der Waals surface area contributed by atoms with Crippen molar-refractivity contribution >= 4 is 5.97 Å². The van der Waals surface area contributed by atoms with Crippen LogP contribution in [-0.2, 0) is 16.0 Å². The summed E-state index contributed by atoms with van der Waals surface area (Å²) < 4.78 is 17.7. The summed E-state index contributed by atoms with van der Waals surface area (Å²) in [5, 5.41) is 15.6. The minimum atomic E-state index is -0.253. The van der Waals surface area contributed by atoms with Crippen molar-refractivity contribution in [2.24, 2.45) is 0 Å². The Morgan fingerprint density at radius 2 is 1.62 bits per heavy atom. The molecule has 1 unspecified atom stereocenters. The average Bonchev–Trinajstić information content (AvgIpc) is 2.60. The summed E-state index contributed by atoms with van der Waals surface area (Å²) in [7, 11) is 1.00. The highest BCUT2D eigenvalue weighted by atomic mass is 19.1. The second kappa shape index (κ2) is 13.1. The first kappa shape index (κ1) is 21.6. The van der Waals surface area contributed by atoms with Gasteiger partial charge in [-0.15, -0.1) is 0 Å². The van der Waals surface area contributed by atoms with Crippen molar-refractivity contribution in [3.63, 3.8) is 0 Å². The van der Waals surface area contributed by atoms with E-state index in [1.165, 1.54) is 12.1 Å². The van der Waals surface area contributed by atoms with E-state index >= 15 is 0 Å². The molecule has 5 heteroatoms. The molecule has 132 valence electrons. The summed E-state index contributed by atoms with van der Waals surface area (Å²) in [6.07, 6.45) is 0.836. The van der Waals surface area contributed by atoms with E-state index in [4.69, 9.17) is 14.9 Å². The quantitative estimate of drug-likeness (QED) is 0.835. The van der Waals surface area contributed by atoms with E-state index in [9.17, 15) is 9.18 Å². The molecule has 2 aromatic rings. The molecule has 4 nitrogen and oxygen atoms in total. The molecule has 0 aromatic heterocycles. The van der Waals surface area contributed by atoms with Gasteiger partial charge in [-0.2, -0.15) is 0 Å². The largest absolute Gasteiger partial charge is 0.508 e. The molecule has 24 heavy (non-hydrogen) atoms. The van der Waals surface area contributed by atoms with Gasteiger partial charge in [0.25, 0.3) is 0 Å². The molecule has 0 aliphatic rings. The van der Waals surface area contributed by atoms with Crippen LogP contribution in [0.2, 0.25) is 0 Å². The second-order valence-electron chi connectivity index (χ2n) is 4.82. The maximum Gasteiger partial charge on any atom is 0.305 e. The van der Waals surface area contributed by atoms with Crippen molar-refractivity contribution < 1.29 is 24.1 Å². The number of esters is 1. The van der Waals surface area contributed by atoms with Crippen LogP contribution in [0.4, 0.5) is 4.39 Å². The van der Waals surface area contributed by atoms with Crippen LogP contribution in [0.5, 0.6) is 5.75 Å². The number of hydrogen-bond acceptors (Lipinski definition) is 4. The van der Waals surface area contributed by atoms with Crippen molar-refractivity contribution in [2.45, 2.75) is 32.8 Å². The Balaban J connectivity index is 0.000000488. The molecule has 0 heterocycles. The number of aliphatic hydroxyl groups is 1. The van der Waals surface area contributed by atoms with E-state index in [-0.39, 0.29) is 17.9 Å². The lowest BCUT2D eigenvalue weighted by molar-refractivity contribution is -0.147. The SMILES string of the molecule is CCC(=O)OC(C)Cc1ccc(F)cc1.CO.Oc1ccccc1. The number of hydrogen-bond donors (Lipinski definition) is 2. The number of phenolic OH excluding ortho intramolecular Hbond substituents is 1. The fraction of sp³-hybridized carbons (Fsp3) is 0.316. The number of aliphatic hydroxyl groups excluding tert-OH is 1. The van der Waals surface area contributed by atoms with Gasteiger partial charge in [0.2, 0.25) is 0 Å². The fourth-order valence-corrected chi connectivity index (χ4v) is 1.73. The highest BCUT2D eigenvalue weighted by Gasteiger charge is 2.08. The Hall–Kier alpha value is -2.40. The maximum absolute atomic E-state index is 12.6. The highest BCUT2D eigenvalue weighted by molar-refractivity contribution is 5.69. The Labute approximate surface area is 142 Å². The monoisotopic (exact) mass is 336 g/mol. The molecular weight excluding hydrogens is 311 g/mol. The normalized spacial score (nSPS) is 10.4. The van der Waals surface area contributed by atoms with Crippen LogP contribution in [0.15, 0.2) is 54.6 Å². The predicted octanol–water partition coefficient (Wildman–Crippen LogP) is 3.71. The van der Waals surface area contributed by atoms with Gasteiger partial charge in [0.1, 0.15) is 17.7 Å². The topological polar surface area (TPSA) is 66.8 Å². The summed E-state index contributed by atoms with van der Waals surface area (Å²) in [6.45, 7) is 3.59. The molecule has 0 saturated carbocycles. The zero-order valence-corrected chi connectivity index (χ0v) is 14.3. The Morgan fingerprint density at radius 1 is 1.08 bits per heavy atom. The minimum absolute atomic E-state index is 0.164. The van der Waals surface area contributed by atoms with Gasteiger partial charge in [0, 0.05) is 20.0 Å². The number of rotatable bonds is 4. The van der Waals surface area contributed by atoms with Crippen molar-refractivity contribution in [1.29, 1.82) is 0 Å². The van der Waals surface area contributed by atoms with Crippen LogP contribution in [0.3, 0.4) is 0 Å². The molecule has 0 radical (unpaired) electrons. The molecule has 0 spiro atoms. The minimum Gasteiger partial charge on any atom is -0.508 e. The summed E-state index contributed by atoms with van der Waals surface area (Å²) in [5.41, 5.74) is 0.966. The van der Waals surface area contributed by atoms with E-state index in [0.717, 1.165) is 12.7 Å². The van der Waals surface area contributed by atoms with Crippen molar-refractivity contribution in [3.8, 4) is 5.75 Å². The van der Waals surface area contributed by atoms with Crippen LogP contribution < -0.4 is 0 Å². The van der Waals surface area contributed by atoms with Crippen molar-refractivity contribution in [3.05, 3.63) is 66.0 Å². The van der Waals surface area contributed by atoms with Crippen LogP contribution in [-0.4, -0.2) is 29.4 Å². The highest BCUT2D eigenvalue weighted by Crippen LogP contribution is 2.08. The number of phenols is 1. The summed E-state index contributed by atoms with van der Waals surface area (Å²) in [6, 6.07) is 14.9. The van der Waals surface area contributed by atoms with Crippen molar-refractivity contribution in [2.75, 3.05) is 7.11 Å². The number of para-hydroxylation sites is 1. The predicted molar refractivity (Wildman–Crippen MR) is 92.2 cm³/mol. The van der Waals surface area contributed by atoms with Crippen LogP contribution in [0, 0.1) is 5.82 Å². The summed E-state index contributed by atoms with van der Waals surface area (Å²) in [5.74, 6) is -0.135. The zero-order valence-electron chi connectivity index (χ0n) is 14.3. The lowest BCUT2D eigenvalue weighted by atomic mass is 10.1. The van der Waals surface area contributed by atoms with Gasteiger partial charge in [-0.05, 0) is 36.8 Å². The van der Waals surface area contributed by atoms with E-state index in [1.54, 1.807) is 43.3 Å². The smallest absolute Gasteiger partial charge is 0.305 e. The van der Waals surface area contributed by atoms with E-state index in [0.29, 0.717) is 18.6 Å². The number of carbonyl (C=O) groups is 1. The molecule has 0 aliphatic carbocycles. The number of carbonyl (C=O) groups excluding carboxylic acids is 1. The van der Waals surface area contributed by atoms with Gasteiger partial charge in [-0.25, -0.2) is 4.39 Å². The van der Waals surface area contributed by atoms with Crippen LogP contribution in [0.1, 0.15) is 25.8 Å². The van der Waals surface area contributed by atoms with Crippen LogP contribution in [0.25, 0.3) is 0 Å². The van der Waals surface area contributed by atoms with Gasteiger partial charge in [0.15, 0.2) is 0 Å². The average molecular weight is 336 g/mol. The lowest BCUT2D eigenvalue weighted by Gasteiger charge is -2.12. The Kier molecular flexibility index (Phi) is 11.8. The number of halogens is 1. The molecule has 0 fully saturated rings. The molecule has 2 rings (SSSR count). The lowest BCUT2D eigenvalue weighted by Crippen LogP contribution is -2.16. The van der Waals surface area contributed by atoms with Crippen molar-refractivity contribution in [1.82, 2.24) is 0 Å². The van der Waals surface area contributed by atoms with Gasteiger partial charge < -0.3 is 14.9 Å². The van der Waals surface area contributed by atoms with Gasteiger partial charge >= 0.3 is 5.97 Å². The number of aromatic hydroxyl groups is 1. The Bertz CT molecular complexity index is 555.